The average molecular weight is 371 g/mol. The van der Waals surface area contributed by atoms with Gasteiger partial charge < -0.3 is 0 Å². The van der Waals surface area contributed by atoms with Gasteiger partial charge >= 0.3 is 0 Å². The van der Waals surface area contributed by atoms with E-state index >= 15 is 0 Å². The number of anilines is 1. The molecule has 6 heteroatoms. The number of aromatic amines is 1. The SMILES string of the molecule is Cc1cc(C)cc(C(=O)Nc2n[nH]c(-c3ccccc3Br)n2)c1. The number of rotatable bonds is 3. The molecule has 0 aliphatic carbocycles. The van der Waals surface area contributed by atoms with Gasteiger partial charge in [-0.3, -0.25) is 15.2 Å². The smallest absolute Gasteiger partial charge is 0.258 e. The number of nitrogens with zero attached hydrogens (tertiary/aromatic N) is 2. The van der Waals surface area contributed by atoms with E-state index in [0.29, 0.717) is 11.4 Å². The first-order valence-electron chi connectivity index (χ1n) is 7.10. The van der Waals surface area contributed by atoms with Gasteiger partial charge in [-0.2, -0.15) is 4.98 Å². The lowest BCUT2D eigenvalue weighted by molar-refractivity contribution is 0.102. The van der Waals surface area contributed by atoms with E-state index in [9.17, 15) is 4.79 Å². The standard InChI is InChI=1S/C17H15BrN4O/c1-10-7-11(2)9-12(8-10)16(23)20-17-19-15(21-22-17)13-5-3-4-6-14(13)18/h3-9H,1-2H3,(H2,19,20,21,22,23). The first-order chi connectivity index (χ1) is 11.0. The largest absolute Gasteiger partial charge is 0.289 e. The third-order valence-electron chi connectivity index (χ3n) is 3.32. The molecule has 0 atom stereocenters. The van der Waals surface area contributed by atoms with Crippen LogP contribution in [0.2, 0.25) is 0 Å². The van der Waals surface area contributed by atoms with E-state index in [0.717, 1.165) is 21.2 Å². The van der Waals surface area contributed by atoms with Gasteiger partial charge in [0, 0.05) is 15.6 Å². The highest BCUT2D eigenvalue weighted by Crippen LogP contribution is 2.25. The highest BCUT2D eigenvalue weighted by molar-refractivity contribution is 9.10. The van der Waals surface area contributed by atoms with Crippen LogP contribution < -0.4 is 5.32 Å². The molecule has 0 unspecified atom stereocenters. The van der Waals surface area contributed by atoms with E-state index in [-0.39, 0.29) is 11.9 Å². The molecule has 1 aromatic heterocycles. The van der Waals surface area contributed by atoms with Crippen LogP contribution in [0.25, 0.3) is 11.4 Å². The van der Waals surface area contributed by atoms with Crippen LogP contribution in [-0.4, -0.2) is 21.1 Å². The van der Waals surface area contributed by atoms with Crippen LogP contribution >= 0.6 is 15.9 Å². The Labute approximate surface area is 142 Å². The molecule has 0 fully saturated rings. The molecule has 0 radical (unpaired) electrons. The van der Waals surface area contributed by atoms with Crippen molar-refractivity contribution in [1.82, 2.24) is 15.2 Å². The number of benzene rings is 2. The fraction of sp³-hybridized carbons (Fsp3) is 0.118. The number of hydrogen-bond donors (Lipinski definition) is 2. The number of carbonyl (C=O) groups excluding carboxylic acids is 1. The molecule has 1 amide bonds. The second-order valence-corrected chi connectivity index (χ2v) is 6.17. The summed E-state index contributed by atoms with van der Waals surface area (Å²) in [5, 5.41) is 9.61. The van der Waals surface area contributed by atoms with Crippen molar-refractivity contribution >= 4 is 27.8 Å². The Morgan fingerprint density at radius 2 is 1.83 bits per heavy atom. The molecular weight excluding hydrogens is 356 g/mol. The van der Waals surface area contributed by atoms with Crippen LogP contribution in [0, 0.1) is 13.8 Å². The first-order valence-corrected chi connectivity index (χ1v) is 7.89. The van der Waals surface area contributed by atoms with Crippen molar-refractivity contribution in [1.29, 1.82) is 0 Å². The maximum absolute atomic E-state index is 12.3. The minimum atomic E-state index is -0.227. The molecule has 3 rings (SSSR count). The zero-order valence-corrected chi connectivity index (χ0v) is 14.3. The lowest BCUT2D eigenvalue weighted by Gasteiger charge is -2.04. The van der Waals surface area contributed by atoms with Gasteiger partial charge in [-0.1, -0.05) is 51.3 Å². The Bertz CT molecular complexity index is 852. The van der Waals surface area contributed by atoms with E-state index in [1.807, 2.05) is 56.3 Å². The van der Waals surface area contributed by atoms with E-state index in [1.165, 1.54) is 0 Å². The number of nitrogens with one attached hydrogen (secondary N) is 2. The third-order valence-corrected chi connectivity index (χ3v) is 4.02. The summed E-state index contributed by atoms with van der Waals surface area (Å²) in [7, 11) is 0. The summed E-state index contributed by atoms with van der Waals surface area (Å²) >= 11 is 3.47. The summed E-state index contributed by atoms with van der Waals surface area (Å²) in [6, 6.07) is 13.4. The summed E-state index contributed by atoms with van der Waals surface area (Å²) in [6.45, 7) is 3.92. The second kappa shape index (κ2) is 6.34. The summed E-state index contributed by atoms with van der Waals surface area (Å²) < 4.78 is 0.906. The molecule has 2 N–H and O–H groups in total. The number of hydrogen-bond acceptors (Lipinski definition) is 3. The van der Waals surface area contributed by atoms with Crippen LogP contribution in [-0.2, 0) is 0 Å². The Kier molecular flexibility index (Phi) is 4.25. The Morgan fingerprint density at radius 1 is 1.13 bits per heavy atom. The number of carbonyl (C=O) groups is 1. The molecular formula is C17H15BrN4O. The second-order valence-electron chi connectivity index (χ2n) is 5.32. The monoisotopic (exact) mass is 370 g/mol. The quantitative estimate of drug-likeness (QED) is 0.728. The highest BCUT2D eigenvalue weighted by Gasteiger charge is 2.12. The molecule has 0 spiro atoms. The summed E-state index contributed by atoms with van der Waals surface area (Å²) in [4.78, 5) is 16.6. The maximum atomic E-state index is 12.3. The zero-order valence-electron chi connectivity index (χ0n) is 12.7. The molecule has 5 nitrogen and oxygen atoms in total. The number of amides is 1. The number of aromatic nitrogens is 3. The van der Waals surface area contributed by atoms with Crippen molar-refractivity contribution in [2.45, 2.75) is 13.8 Å². The Hall–Kier alpha value is -2.47. The van der Waals surface area contributed by atoms with Gasteiger partial charge in [-0.25, -0.2) is 0 Å². The molecule has 23 heavy (non-hydrogen) atoms. The molecule has 0 aliphatic heterocycles. The molecule has 0 aliphatic rings. The summed E-state index contributed by atoms with van der Waals surface area (Å²) in [5.74, 6) is 0.614. The van der Waals surface area contributed by atoms with Gasteiger partial charge in [0.25, 0.3) is 5.91 Å². The minimum Gasteiger partial charge on any atom is -0.289 e. The minimum absolute atomic E-state index is 0.227. The van der Waals surface area contributed by atoms with Gasteiger partial charge in [-0.15, -0.1) is 5.10 Å². The van der Waals surface area contributed by atoms with Gasteiger partial charge in [0.05, 0.1) is 0 Å². The van der Waals surface area contributed by atoms with E-state index < -0.39 is 0 Å². The van der Waals surface area contributed by atoms with E-state index in [2.05, 4.69) is 36.4 Å². The van der Waals surface area contributed by atoms with Crippen molar-refractivity contribution in [3.63, 3.8) is 0 Å². The van der Waals surface area contributed by atoms with Crippen molar-refractivity contribution < 1.29 is 4.79 Å². The van der Waals surface area contributed by atoms with Gasteiger partial charge in [-0.05, 0) is 32.0 Å². The molecule has 3 aromatic rings. The zero-order chi connectivity index (χ0) is 16.4. The van der Waals surface area contributed by atoms with Crippen LogP contribution in [0.1, 0.15) is 21.5 Å². The normalized spacial score (nSPS) is 10.6. The van der Waals surface area contributed by atoms with Crippen LogP contribution in [0.5, 0.6) is 0 Å². The summed E-state index contributed by atoms with van der Waals surface area (Å²) in [5.41, 5.74) is 3.56. The molecule has 0 saturated heterocycles. The van der Waals surface area contributed by atoms with Crippen LogP contribution in [0.15, 0.2) is 46.9 Å². The van der Waals surface area contributed by atoms with Gasteiger partial charge in [0.1, 0.15) is 0 Å². The molecule has 116 valence electrons. The average Bonchev–Trinajstić information content (AvgIpc) is 2.95. The fourth-order valence-electron chi connectivity index (χ4n) is 2.37. The number of aryl methyl sites for hydroxylation is 2. The number of halogens is 1. The summed E-state index contributed by atoms with van der Waals surface area (Å²) in [6.07, 6.45) is 0. The molecule has 2 aromatic carbocycles. The topological polar surface area (TPSA) is 70.7 Å². The predicted octanol–water partition coefficient (Wildman–Crippen LogP) is 4.10. The van der Waals surface area contributed by atoms with E-state index in [4.69, 9.17) is 0 Å². The Balaban J connectivity index is 1.82. The predicted molar refractivity (Wildman–Crippen MR) is 93.4 cm³/mol. The molecule has 1 heterocycles. The lowest BCUT2D eigenvalue weighted by Crippen LogP contribution is -2.13. The van der Waals surface area contributed by atoms with Gasteiger partial charge in [0.15, 0.2) is 5.82 Å². The van der Waals surface area contributed by atoms with Crippen LogP contribution in [0.4, 0.5) is 5.95 Å². The van der Waals surface area contributed by atoms with Crippen molar-refractivity contribution in [3.8, 4) is 11.4 Å². The fourth-order valence-corrected chi connectivity index (χ4v) is 2.84. The molecule has 0 bridgehead atoms. The highest BCUT2D eigenvalue weighted by atomic mass is 79.9. The molecule has 0 saturated carbocycles. The maximum Gasteiger partial charge on any atom is 0.258 e. The lowest BCUT2D eigenvalue weighted by atomic mass is 10.1. The van der Waals surface area contributed by atoms with Crippen molar-refractivity contribution in [2.75, 3.05) is 5.32 Å². The van der Waals surface area contributed by atoms with Crippen molar-refractivity contribution in [3.05, 3.63) is 63.6 Å². The van der Waals surface area contributed by atoms with Gasteiger partial charge in [0.2, 0.25) is 5.95 Å². The first kappa shape index (κ1) is 15.4. The van der Waals surface area contributed by atoms with Crippen LogP contribution in [0.3, 0.4) is 0 Å². The third kappa shape index (κ3) is 3.48. The van der Waals surface area contributed by atoms with Crippen molar-refractivity contribution in [2.24, 2.45) is 0 Å². The Morgan fingerprint density at radius 3 is 2.52 bits per heavy atom. The van der Waals surface area contributed by atoms with E-state index in [1.54, 1.807) is 0 Å². The number of H-pyrrole nitrogens is 1.